The number of hydrogen-bond acceptors (Lipinski definition) is 3. The highest BCUT2D eigenvalue weighted by Gasteiger charge is 2.35. The maximum atomic E-state index is 12.5. The topological polar surface area (TPSA) is 45.9 Å². The van der Waals surface area contributed by atoms with Gasteiger partial charge in [0, 0.05) is 0 Å². The summed E-state index contributed by atoms with van der Waals surface area (Å²) in [6, 6.07) is 1.42. The van der Waals surface area contributed by atoms with Crippen molar-refractivity contribution in [2.45, 2.75) is 12.8 Å². The molecule has 0 saturated heterocycles. The van der Waals surface area contributed by atoms with E-state index < -0.39 is 34.8 Å². The van der Waals surface area contributed by atoms with Crippen LogP contribution < -0.4 is 4.74 Å². The van der Waals surface area contributed by atoms with Crippen molar-refractivity contribution >= 4 is 11.6 Å². The summed E-state index contributed by atoms with van der Waals surface area (Å²) in [5.41, 5.74) is -1.72. The molecular weight excluding hydrogens is 271 g/mol. The van der Waals surface area contributed by atoms with E-state index in [9.17, 15) is 22.0 Å². The van der Waals surface area contributed by atoms with Crippen LogP contribution in [0.5, 0.6) is 5.88 Å². The van der Waals surface area contributed by atoms with Crippen molar-refractivity contribution in [2.75, 3.05) is 0 Å². The molecule has 0 amide bonds. The lowest BCUT2D eigenvalue weighted by Crippen LogP contribution is -2.19. The van der Waals surface area contributed by atoms with E-state index in [1.807, 2.05) is 0 Å². The second-order valence-electron chi connectivity index (χ2n) is 2.66. The molecule has 0 unspecified atom stereocenters. The molecule has 1 heterocycles. The first-order chi connectivity index (χ1) is 7.76. The average Bonchev–Trinajstić information content (AvgIpc) is 2.14. The number of ether oxygens (including phenoxy) is 1. The number of aromatic nitrogens is 1. The number of alkyl halides is 5. The Morgan fingerprint density at radius 2 is 2.00 bits per heavy atom. The molecular formula is C8H2ClF5N2O. The van der Waals surface area contributed by atoms with E-state index in [1.54, 1.807) is 0 Å². The van der Waals surface area contributed by atoms with Crippen LogP contribution in [0.3, 0.4) is 0 Å². The van der Waals surface area contributed by atoms with Crippen LogP contribution in [0.25, 0.3) is 0 Å². The van der Waals surface area contributed by atoms with Crippen LogP contribution in [0.2, 0.25) is 5.02 Å². The molecule has 0 aliphatic rings. The third-order valence-corrected chi connectivity index (χ3v) is 1.97. The van der Waals surface area contributed by atoms with Crippen molar-refractivity contribution in [1.29, 1.82) is 5.26 Å². The van der Waals surface area contributed by atoms with Gasteiger partial charge in [-0.25, -0.2) is 13.8 Å². The first-order valence-electron chi connectivity index (χ1n) is 3.88. The zero-order valence-corrected chi connectivity index (χ0v) is 8.48. The summed E-state index contributed by atoms with van der Waals surface area (Å²) in [6.45, 7) is 0. The van der Waals surface area contributed by atoms with Gasteiger partial charge in [0.2, 0.25) is 5.88 Å². The van der Waals surface area contributed by atoms with Gasteiger partial charge >= 0.3 is 6.36 Å². The Bertz CT molecular complexity index is 468. The van der Waals surface area contributed by atoms with Crippen LogP contribution >= 0.6 is 11.6 Å². The summed E-state index contributed by atoms with van der Waals surface area (Å²) >= 11 is 5.35. The lowest BCUT2D eigenvalue weighted by molar-refractivity contribution is -0.276. The largest absolute Gasteiger partial charge is 0.574 e. The Morgan fingerprint density at radius 1 is 1.41 bits per heavy atom. The molecule has 92 valence electrons. The molecule has 0 radical (unpaired) electrons. The second-order valence-corrected chi connectivity index (χ2v) is 3.04. The van der Waals surface area contributed by atoms with Gasteiger partial charge in [-0.15, -0.1) is 13.2 Å². The smallest absolute Gasteiger partial charge is 0.387 e. The first-order valence-corrected chi connectivity index (χ1v) is 4.26. The Kier molecular flexibility index (Phi) is 3.72. The maximum absolute atomic E-state index is 12.5. The van der Waals surface area contributed by atoms with Crippen molar-refractivity contribution < 1.29 is 26.7 Å². The summed E-state index contributed by atoms with van der Waals surface area (Å²) in [5.74, 6) is -1.36. The molecule has 0 bridgehead atoms. The second kappa shape index (κ2) is 4.71. The quantitative estimate of drug-likeness (QED) is 0.775. The number of nitrogens with zero attached hydrogens (tertiary/aromatic N) is 2. The van der Waals surface area contributed by atoms with Gasteiger partial charge in [0.25, 0.3) is 6.43 Å². The molecule has 0 N–H and O–H groups in total. The summed E-state index contributed by atoms with van der Waals surface area (Å²) in [5, 5.41) is 7.66. The molecule has 17 heavy (non-hydrogen) atoms. The fourth-order valence-electron chi connectivity index (χ4n) is 0.946. The Hall–Kier alpha value is -1.62. The highest BCUT2D eigenvalue weighted by Crippen LogP contribution is 2.37. The van der Waals surface area contributed by atoms with Crippen LogP contribution in [-0.4, -0.2) is 11.3 Å². The van der Waals surface area contributed by atoms with E-state index >= 15 is 0 Å². The SMILES string of the molecule is N#Cc1cnc(OC(F)(F)F)c(C(F)F)c1Cl. The van der Waals surface area contributed by atoms with Gasteiger partial charge in [-0.05, 0) is 0 Å². The van der Waals surface area contributed by atoms with E-state index in [4.69, 9.17) is 16.9 Å². The summed E-state index contributed by atoms with van der Waals surface area (Å²) < 4.78 is 63.9. The number of hydrogen-bond donors (Lipinski definition) is 0. The minimum absolute atomic E-state index is 0.462. The predicted octanol–water partition coefficient (Wildman–Crippen LogP) is 3.44. The molecule has 9 heteroatoms. The van der Waals surface area contributed by atoms with Gasteiger partial charge in [-0.3, -0.25) is 0 Å². The van der Waals surface area contributed by atoms with E-state index in [0.717, 1.165) is 0 Å². The van der Waals surface area contributed by atoms with Crippen molar-refractivity contribution in [3.63, 3.8) is 0 Å². The normalized spacial score (nSPS) is 11.4. The highest BCUT2D eigenvalue weighted by atomic mass is 35.5. The molecule has 1 aromatic rings. The zero-order valence-electron chi connectivity index (χ0n) is 7.73. The lowest BCUT2D eigenvalue weighted by atomic mass is 10.2. The predicted molar refractivity (Wildman–Crippen MR) is 45.6 cm³/mol. The van der Waals surface area contributed by atoms with Crippen molar-refractivity contribution in [1.82, 2.24) is 4.98 Å². The Balaban J connectivity index is 3.33. The average molecular weight is 273 g/mol. The molecule has 0 aromatic carbocycles. The zero-order chi connectivity index (χ0) is 13.2. The number of halogens is 6. The van der Waals surface area contributed by atoms with Gasteiger partial charge in [0.05, 0.1) is 16.8 Å². The Morgan fingerprint density at radius 3 is 2.41 bits per heavy atom. The van der Waals surface area contributed by atoms with Crippen LogP contribution in [0.4, 0.5) is 22.0 Å². The number of pyridine rings is 1. The van der Waals surface area contributed by atoms with Crippen LogP contribution in [0.1, 0.15) is 17.6 Å². The van der Waals surface area contributed by atoms with Crippen LogP contribution in [0.15, 0.2) is 6.20 Å². The van der Waals surface area contributed by atoms with E-state index in [1.165, 1.54) is 6.07 Å². The van der Waals surface area contributed by atoms with Gasteiger partial charge in [0.1, 0.15) is 11.6 Å². The fraction of sp³-hybridized carbons (Fsp3) is 0.250. The molecule has 0 atom stereocenters. The molecule has 1 aromatic heterocycles. The molecule has 3 nitrogen and oxygen atoms in total. The van der Waals surface area contributed by atoms with Crippen molar-refractivity contribution in [3.8, 4) is 11.9 Å². The van der Waals surface area contributed by atoms with Gasteiger partial charge in [-0.1, -0.05) is 11.6 Å². The first kappa shape index (κ1) is 13.4. The highest BCUT2D eigenvalue weighted by molar-refractivity contribution is 6.32. The maximum Gasteiger partial charge on any atom is 0.574 e. The standard InChI is InChI=1S/C8H2ClF5N2O/c9-5-3(1-15)2-16-7(4(5)6(10)11)17-8(12,13)14/h2,6H. The molecule has 0 aliphatic carbocycles. The summed E-state index contributed by atoms with van der Waals surface area (Å²) in [7, 11) is 0. The number of rotatable bonds is 2. The monoisotopic (exact) mass is 272 g/mol. The van der Waals surface area contributed by atoms with E-state index in [0.29, 0.717) is 6.20 Å². The minimum atomic E-state index is -5.17. The molecule has 0 spiro atoms. The summed E-state index contributed by atoms with van der Waals surface area (Å²) in [6.07, 6.45) is -7.90. The van der Waals surface area contributed by atoms with Crippen LogP contribution in [-0.2, 0) is 0 Å². The molecule has 0 fully saturated rings. The third-order valence-electron chi connectivity index (χ3n) is 1.57. The lowest BCUT2D eigenvalue weighted by Gasteiger charge is -2.13. The van der Waals surface area contributed by atoms with Crippen molar-refractivity contribution in [3.05, 3.63) is 22.3 Å². The van der Waals surface area contributed by atoms with Gasteiger partial charge in [0.15, 0.2) is 0 Å². The van der Waals surface area contributed by atoms with Crippen molar-refractivity contribution in [2.24, 2.45) is 0 Å². The molecule has 1 rings (SSSR count). The Labute approximate surface area is 96.4 Å². The third kappa shape index (κ3) is 3.17. The minimum Gasteiger partial charge on any atom is -0.387 e. The van der Waals surface area contributed by atoms with Crippen LogP contribution in [0, 0.1) is 11.3 Å². The molecule has 0 saturated carbocycles. The van der Waals surface area contributed by atoms with Gasteiger partial charge < -0.3 is 4.74 Å². The fourth-order valence-corrected chi connectivity index (χ4v) is 1.20. The van der Waals surface area contributed by atoms with E-state index in [2.05, 4.69) is 9.72 Å². The number of nitriles is 1. The summed E-state index contributed by atoms with van der Waals surface area (Å²) in [4.78, 5) is 2.99. The molecule has 0 aliphatic heterocycles. The van der Waals surface area contributed by atoms with Gasteiger partial charge in [-0.2, -0.15) is 5.26 Å². The van der Waals surface area contributed by atoms with E-state index in [-0.39, 0.29) is 0 Å².